The zero-order chi connectivity index (χ0) is 16.4. The van der Waals surface area contributed by atoms with Crippen LogP contribution in [0.5, 0.6) is 0 Å². The summed E-state index contributed by atoms with van der Waals surface area (Å²) in [6.45, 7) is 2.14. The van der Waals surface area contributed by atoms with E-state index < -0.39 is 9.84 Å². The summed E-state index contributed by atoms with van der Waals surface area (Å²) in [5, 5.41) is 5.90. The molecule has 1 aliphatic heterocycles. The second kappa shape index (κ2) is 6.13. The normalized spacial score (nSPS) is 15.4. The van der Waals surface area contributed by atoms with Gasteiger partial charge in [0.15, 0.2) is 5.69 Å². The molecule has 1 aliphatic rings. The summed E-state index contributed by atoms with van der Waals surface area (Å²) in [6.07, 6.45) is 5.61. The molecule has 7 nitrogen and oxygen atoms in total. The quantitative estimate of drug-likeness (QED) is 0.789. The molecule has 1 amide bonds. The molecule has 2 aromatic rings. The number of amides is 1. The van der Waals surface area contributed by atoms with Crippen molar-refractivity contribution in [2.45, 2.75) is 11.6 Å². The molecule has 0 unspecified atom stereocenters. The molecular formula is C15H18N4O3S. The van der Waals surface area contributed by atoms with Gasteiger partial charge in [-0.2, -0.15) is 0 Å². The van der Waals surface area contributed by atoms with Crippen LogP contribution in [0.2, 0.25) is 0 Å². The summed E-state index contributed by atoms with van der Waals surface area (Å²) in [4.78, 5) is 16.5. The minimum absolute atomic E-state index is 0.126. The van der Waals surface area contributed by atoms with Crippen LogP contribution in [0.3, 0.4) is 0 Å². The highest BCUT2D eigenvalue weighted by Crippen LogP contribution is 2.17. The van der Waals surface area contributed by atoms with Crippen molar-refractivity contribution in [3.8, 4) is 0 Å². The maximum Gasteiger partial charge on any atom is 0.272 e. The van der Waals surface area contributed by atoms with Crippen molar-refractivity contribution < 1.29 is 13.2 Å². The van der Waals surface area contributed by atoms with E-state index in [-0.39, 0.29) is 16.8 Å². The number of fused-ring (bicyclic) bond motifs is 1. The van der Waals surface area contributed by atoms with E-state index in [1.807, 2.05) is 0 Å². The van der Waals surface area contributed by atoms with E-state index in [1.165, 1.54) is 4.40 Å². The molecule has 0 fully saturated rings. The van der Waals surface area contributed by atoms with Crippen LogP contribution in [0.15, 0.2) is 41.2 Å². The Balaban J connectivity index is 1.90. The number of hydrogen-bond donors (Lipinski definition) is 2. The Hall–Kier alpha value is -2.19. The molecule has 3 rings (SSSR count). The van der Waals surface area contributed by atoms with Crippen LogP contribution >= 0.6 is 0 Å². The van der Waals surface area contributed by atoms with Gasteiger partial charge in [-0.25, -0.2) is 13.4 Å². The third-order valence-corrected chi connectivity index (χ3v) is 4.65. The summed E-state index contributed by atoms with van der Waals surface area (Å²) >= 11 is 0. The van der Waals surface area contributed by atoms with E-state index in [9.17, 15) is 13.2 Å². The Morgan fingerprint density at radius 2 is 2.26 bits per heavy atom. The predicted octanol–water partition coefficient (Wildman–Crippen LogP) is 0.387. The molecule has 8 heteroatoms. The zero-order valence-corrected chi connectivity index (χ0v) is 13.6. The standard InChI is InChI=1S/C15H18N4O3S/c1-23(21,22)15-18-13(12-4-2-3-9-19(12)15)14(20)17-10-11-5-7-16-8-6-11/h2-5,9,16H,6-8,10H2,1H3,(H,17,20). The molecular weight excluding hydrogens is 316 g/mol. The van der Waals surface area contributed by atoms with E-state index in [2.05, 4.69) is 21.7 Å². The van der Waals surface area contributed by atoms with Crippen LogP contribution in [0.25, 0.3) is 5.52 Å². The molecule has 122 valence electrons. The molecule has 0 bridgehead atoms. The Kier molecular flexibility index (Phi) is 4.18. The third-order valence-electron chi connectivity index (χ3n) is 3.70. The Labute approximate surface area is 134 Å². The lowest BCUT2D eigenvalue weighted by atomic mass is 10.1. The van der Waals surface area contributed by atoms with Gasteiger partial charge in [0.25, 0.3) is 5.91 Å². The molecule has 0 aliphatic carbocycles. The molecule has 23 heavy (non-hydrogen) atoms. The first-order valence-corrected chi connectivity index (χ1v) is 9.20. The Morgan fingerprint density at radius 3 is 2.96 bits per heavy atom. The van der Waals surface area contributed by atoms with Gasteiger partial charge >= 0.3 is 0 Å². The minimum Gasteiger partial charge on any atom is -0.347 e. The van der Waals surface area contributed by atoms with Crippen LogP contribution < -0.4 is 10.6 Å². The number of hydrogen-bond acceptors (Lipinski definition) is 5. The highest BCUT2D eigenvalue weighted by molar-refractivity contribution is 7.90. The largest absolute Gasteiger partial charge is 0.347 e. The molecule has 0 spiro atoms. The fourth-order valence-corrected chi connectivity index (χ4v) is 3.32. The number of aromatic nitrogens is 2. The molecule has 0 aromatic carbocycles. The molecule has 3 heterocycles. The maximum absolute atomic E-state index is 12.4. The number of pyridine rings is 1. The minimum atomic E-state index is -3.53. The number of nitrogens with one attached hydrogen (secondary N) is 2. The number of imidazole rings is 1. The van der Waals surface area contributed by atoms with Gasteiger partial charge in [0.2, 0.25) is 15.0 Å². The SMILES string of the molecule is CS(=O)(=O)c1nc(C(=O)NCC2=CCNCC2)c2ccccn12. The van der Waals surface area contributed by atoms with Crippen molar-refractivity contribution in [1.82, 2.24) is 20.0 Å². The lowest BCUT2D eigenvalue weighted by Crippen LogP contribution is -2.30. The first-order valence-electron chi connectivity index (χ1n) is 7.31. The number of carbonyl (C=O) groups excluding carboxylic acids is 1. The summed E-state index contributed by atoms with van der Waals surface area (Å²) in [5.74, 6) is -0.372. The van der Waals surface area contributed by atoms with Gasteiger partial charge in [-0.3, -0.25) is 9.20 Å². The Morgan fingerprint density at radius 1 is 1.43 bits per heavy atom. The van der Waals surface area contributed by atoms with E-state index in [0.29, 0.717) is 12.1 Å². The lowest BCUT2D eigenvalue weighted by Gasteiger charge is -2.14. The van der Waals surface area contributed by atoms with Gasteiger partial charge < -0.3 is 10.6 Å². The molecule has 2 aromatic heterocycles. The molecule has 0 saturated heterocycles. The van der Waals surface area contributed by atoms with Gasteiger partial charge in [-0.05, 0) is 25.1 Å². The van der Waals surface area contributed by atoms with Crippen molar-refractivity contribution in [2.75, 3.05) is 25.9 Å². The van der Waals surface area contributed by atoms with Crippen LogP contribution in [-0.2, 0) is 9.84 Å². The fourth-order valence-electron chi connectivity index (χ4n) is 2.55. The molecule has 0 radical (unpaired) electrons. The number of nitrogens with zero attached hydrogens (tertiary/aromatic N) is 2. The summed E-state index contributed by atoms with van der Waals surface area (Å²) in [5.41, 5.74) is 1.76. The first kappa shape index (κ1) is 15.7. The van der Waals surface area contributed by atoms with Crippen LogP contribution in [0.4, 0.5) is 0 Å². The van der Waals surface area contributed by atoms with Crippen LogP contribution in [-0.4, -0.2) is 49.6 Å². The maximum atomic E-state index is 12.4. The molecule has 0 saturated carbocycles. The van der Waals surface area contributed by atoms with Crippen molar-refractivity contribution in [3.63, 3.8) is 0 Å². The van der Waals surface area contributed by atoms with Gasteiger partial charge in [0.1, 0.15) is 0 Å². The molecule has 2 N–H and O–H groups in total. The van der Waals surface area contributed by atoms with Crippen LogP contribution in [0.1, 0.15) is 16.9 Å². The van der Waals surface area contributed by atoms with Crippen LogP contribution in [0, 0.1) is 0 Å². The van der Waals surface area contributed by atoms with Gasteiger partial charge in [0, 0.05) is 25.5 Å². The summed E-state index contributed by atoms with van der Waals surface area (Å²) in [6, 6.07) is 5.13. The van der Waals surface area contributed by atoms with Crippen molar-refractivity contribution >= 4 is 21.3 Å². The van der Waals surface area contributed by atoms with E-state index in [0.717, 1.165) is 31.3 Å². The average Bonchev–Trinajstić information content (AvgIpc) is 2.93. The van der Waals surface area contributed by atoms with E-state index in [1.54, 1.807) is 24.4 Å². The summed E-state index contributed by atoms with van der Waals surface area (Å²) in [7, 11) is -3.53. The lowest BCUT2D eigenvalue weighted by molar-refractivity contribution is 0.0953. The monoisotopic (exact) mass is 334 g/mol. The van der Waals surface area contributed by atoms with Gasteiger partial charge in [-0.15, -0.1) is 0 Å². The van der Waals surface area contributed by atoms with E-state index in [4.69, 9.17) is 0 Å². The highest BCUT2D eigenvalue weighted by atomic mass is 32.2. The van der Waals surface area contributed by atoms with Gasteiger partial charge in [0.05, 0.1) is 5.52 Å². The number of carbonyl (C=O) groups is 1. The molecule has 0 atom stereocenters. The van der Waals surface area contributed by atoms with Crippen molar-refractivity contribution in [3.05, 3.63) is 41.7 Å². The smallest absolute Gasteiger partial charge is 0.272 e. The summed E-state index contributed by atoms with van der Waals surface area (Å²) < 4.78 is 25.1. The van der Waals surface area contributed by atoms with E-state index >= 15 is 0 Å². The average molecular weight is 334 g/mol. The second-order valence-electron chi connectivity index (χ2n) is 5.47. The number of sulfone groups is 1. The van der Waals surface area contributed by atoms with Gasteiger partial charge in [-0.1, -0.05) is 17.7 Å². The Bertz CT molecular complexity index is 883. The second-order valence-corrected chi connectivity index (χ2v) is 7.38. The topological polar surface area (TPSA) is 92.6 Å². The third kappa shape index (κ3) is 3.27. The first-order chi connectivity index (χ1) is 11.0. The fraction of sp³-hybridized carbons (Fsp3) is 0.333. The zero-order valence-electron chi connectivity index (χ0n) is 12.7. The van der Waals surface area contributed by atoms with Crippen molar-refractivity contribution in [2.24, 2.45) is 0 Å². The highest BCUT2D eigenvalue weighted by Gasteiger charge is 2.22. The van der Waals surface area contributed by atoms with Crippen molar-refractivity contribution in [1.29, 1.82) is 0 Å². The predicted molar refractivity (Wildman–Crippen MR) is 86.2 cm³/mol. The number of rotatable bonds is 4.